The average molecular weight is 406 g/mol. The predicted molar refractivity (Wildman–Crippen MR) is 106 cm³/mol. The molecule has 0 aliphatic carbocycles. The standard InChI is InChI=1S/C18H22N2O6.C3H8/c1-24-17-13(10-15(21)26-17)19-16(22)14-8-5-9-20(14)18(23)25-11-12-6-3-2-4-7-12;1-3-2/h2-4,6-7,13-14,17H,5,8-11H2,1H3,(H,19,22);3H2,1-2H3. The summed E-state index contributed by atoms with van der Waals surface area (Å²) in [6.45, 7) is 4.86. The van der Waals surface area contributed by atoms with Gasteiger partial charge in [0.15, 0.2) is 0 Å². The van der Waals surface area contributed by atoms with Gasteiger partial charge in [0.2, 0.25) is 12.2 Å². The summed E-state index contributed by atoms with van der Waals surface area (Å²) >= 11 is 0. The van der Waals surface area contributed by atoms with Gasteiger partial charge >= 0.3 is 12.1 Å². The Hall–Kier alpha value is -2.61. The van der Waals surface area contributed by atoms with Gasteiger partial charge in [-0.15, -0.1) is 0 Å². The normalized spacial score (nSPS) is 23.1. The Morgan fingerprint density at radius 1 is 1.24 bits per heavy atom. The Bertz CT molecular complexity index is 681. The smallest absolute Gasteiger partial charge is 0.410 e. The van der Waals surface area contributed by atoms with E-state index in [9.17, 15) is 14.4 Å². The van der Waals surface area contributed by atoms with Crippen LogP contribution in [-0.2, 0) is 30.4 Å². The van der Waals surface area contributed by atoms with Crippen molar-refractivity contribution in [1.82, 2.24) is 10.2 Å². The number of rotatable bonds is 5. The van der Waals surface area contributed by atoms with Gasteiger partial charge in [-0.2, -0.15) is 0 Å². The van der Waals surface area contributed by atoms with Crippen molar-refractivity contribution in [3.63, 3.8) is 0 Å². The Morgan fingerprint density at radius 2 is 1.93 bits per heavy atom. The third-order valence-electron chi connectivity index (χ3n) is 4.52. The molecule has 0 bridgehead atoms. The first-order chi connectivity index (χ1) is 14.0. The van der Waals surface area contributed by atoms with Crippen molar-refractivity contribution in [2.24, 2.45) is 0 Å². The lowest BCUT2D eigenvalue weighted by atomic mass is 10.1. The van der Waals surface area contributed by atoms with Gasteiger partial charge in [-0.05, 0) is 18.4 Å². The molecule has 2 fully saturated rings. The van der Waals surface area contributed by atoms with Crippen LogP contribution in [-0.4, -0.2) is 54.9 Å². The minimum atomic E-state index is -0.800. The van der Waals surface area contributed by atoms with Crippen LogP contribution in [0.4, 0.5) is 4.79 Å². The zero-order valence-electron chi connectivity index (χ0n) is 17.3. The van der Waals surface area contributed by atoms with Gasteiger partial charge < -0.3 is 19.5 Å². The van der Waals surface area contributed by atoms with Crippen LogP contribution in [0.15, 0.2) is 30.3 Å². The number of amides is 2. The number of nitrogens with one attached hydrogen (secondary N) is 1. The zero-order valence-corrected chi connectivity index (χ0v) is 17.3. The van der Waals surface area contributed by atoms with Crippen LogP contribution in [0.25, 0.3) is 0 Å². The van der Waals surface area contributed by atoms with Gasteiger partial charge in [-0.3, -0.25) is 14.5 Å². The van der Waals surface area contributed by atoms with E-state index in [4.69, 9.17) is 14.2 Å². The van der Waals surface area contributed by atoms with Crippen molar-refractivity contribution in [3.05, 3.63) is 35.9 Å². The van der Waals surface area contributed by atoms with Crippen LogP contribution >= 0.6 is 0 Å². The fourth-order valence-corrected chi connectivity index (χ4v) is 3.21. The maximum absolute atomic E-state index is 12.6. The summed E-state index contributed by atoms with van der Waals surface area (Å²) in [7, 11) is 1.41. The van der Waals surface area contributed by atoms with Gasteiger partial charge in [0.25, 0.3) is 0 Å². The lowest BCUT2D eigenvalue weighted by Gasteiger charge is -2.25. The number of benzene rings is 1. The lowest BCUT2D eigenvalue weighted by Crippen LogP contribution is -2.51. The summed E-state index contributed by atoms with van der Waals surface area (Å²) in [4.78, 5) is 37.7. The third kappa shape index (κ3) is 6.45. The van der Waals surface area contributed by atoms with Crippen LogP contribution in [0.2, 0.25) is 0 Å². The second kappa shape index (κ2) is 11.4. The molecule has 2 amide bonds. The molecule has 3 unspecified atom stereocenters. The molecule has 0 spiro atoms. The molecular formula is C21H30N2O6. The number of hydrogen-bond acceptors (Lipinski definition) is 6. The van der Waals surface area contributed by atoms with Crippen molar-refractivity contribution < 1.29 is 28.6 Å². The first-order valence-electron chi connectivity index (χ1n) is 10.00. The molecule has 1 aromatic rings. The highest BCUT2D eigenvalue weighted by Crippen LogP contribution is 2.21. The second-order valence-electron chi connectivity index (χ2n) is 7.01. The molecule has 3 rings (SSSR count). The minimum absolute atomic E-state index is 0.0510. The minimum Gasteiger partial charge on any atom is -0.445 e. The number of ether oxygens (including phenoxy) is 3. The maximum atomic E-state index is 12.6. The first-order valence-corrected chi connectivity index (χ1v) is 10.00. The van der Waals surface area contributed by atoms with Crippen LogP contribution in [0.5, 0.6) is 0 Å². The molecule has 2 aliphatic heterocycles. The van der Waals surface area contributed by atoms with E-state index in [1.807, 2.05) is 30.3 Å². The molecular weight excluding hydrogens is 376 g/mol. The van der Waals surface area contributed by atoms with Gasteiger partial charge in [0, 0.05) is 13.7 Å². The van der Waals surface area contributed by atoms with E-state index in [0.29, 0.717) is 19.4 Å². The summed E-state index contributed by atoms with van der Waals surface area (Å²) in [5, 5.41) is 2.75. The lowest BCUT2D eigenvalue weighted by molar-refractivity contribution is -0.160. The highest BCUT2D eigenvalue weighted by atomic mass is 16.7. The molecule has 2 aliphatic rings. The topological polar surface area (TPSA) is 94.2 Å². The number of hydrogen-bond donors (Lipinski definition) is 1. The van der Waals surface area contributed by atoms with Crippen LogP contribution in [0.1, 0.15) is 45.1 Å². The molecule has 2 heterocycles. The third-order valence-corrected chi connectivity index (χ3v) is 4.52. The molecule has 2 saturated heterocycles. The van der Waals surface area contributed by atoms with E-state index < -0.39 is 30.4 Å². The molecule has 1 N–H and O–H groups in total. The SMILES string of the molecule is CCC.COC1OC(=O)CC1NC(=O)C1CCCN1C(=O)OCc1ccccc1. The summed E-state index contributed by atoms with van der Waals surface area (Å²) in [5.41, 5.74) is 0.880. The molecule has 8 nitrogen and oxygen atoms in total. The molecule has 8 heteroatoms. The average Bonchev–Trinajstić information content (AvgIpc) is 3.34. The van der Waals surface area contributed by atoms with Crippen LogP contribution < -0.4 is 5.32 Å². The number of esters is 1. The summed E-state index contributed by atoms with van der Waals surface area (Å²) in [6, 6.07) is 8.18. The predicted octanol–water partition coefficient (Wildman–Crippen LogP) is 2.61. The molecule has 1 aromatic carbocycles. The van der Waals surface area contributed by atoms with Crippen LogP contribution in [0, 0.1) is 0 Å². The van der Waals surface area contributed by atoms with E-state index in [0.717, 1.165) is 5.56 Å². The Labute approximate surface area is 171 Å². The van der Waals surface area contributed by atoms with E-state index in [2.05, 4.69) is 19.2 Å². The van der Waals surface area contributed by atoms with E-state index in [1.54, 1.807) is 0 Å². The number of carbonyl (C=O) groups is 3. The van der Waals surface area contributed by atoms with Crippen molar-refractivity contribution >= 4 is 18.0 Å². The maximum Gasteiger partial charge on any atom is 0.410 e. The van der Waals surface area contributed by atoms with E-state index in [-0.39, 0.29) is 18.9 Å². The summed E-state index contributed by atoms with van der Waals surface area (Å²) < 4.78 is 15.3. The number of likely N-dealkylation sites (tertiary alicyclic amines) is 1. The van der Waals surface area contributed by atoms with Gasteiger partial charge in [0.1, 0.15) is 18.7 Å². The summed E-state index contributed by atoms with van der Waals surface area (Å²) in [6.07, 6.45) is 1.24. The van der Waals surface area contributed by atoms with Gasteiger partial charge in [-0.25, -0.2) is 4.79 Å². The second-order valence-corrected chi connectivity index (χ2v) is 7.01. The summed E-state index contributed by atoms with van der Waals surface area (Å²) in [5.74, 6) is -0.753. The number of cyclic esters (lactones) is 1. The largest absolute Gasteiger partial charge is 0.445 e. The molecule has 0 aromatic heterocycles. The molecule has 3 atom stereocenters. The fourth-order valence-electron chi connectivity index (χ4n) is 3.21. The number of carbonyl (C=O) groups excluding carboxylic acids is 3. The highest BCUT2D eigenvalue weighted by molar-refractivity contribution is 5.87. The number of methoxy groups -OCH3 is 1. The van der Waals surface area contributed by atoms with Crippen molar-refractivity contribution in [1.29, 1.82) is 0 Å². The Balaban J connectivity index is 0.000000941. The first kappa shape index (κ1) is 22.7. The monoisotopic (exact) mass is 406 g/mol. The fraction of sp³-hybridized carbons (Fsp3) is 0.571. The highest BCUT2D eigenvalue weighted by Gasteiger charge is 2.40. The van der Waals surface area contributed by atoms with E-state index in [1.165, 1.54) is 18.4 Å². The molecule has 29 heavy (non-hydrogen) atoms. The Kier molecular flexibility index (Phi) is 8.92. The Morgan fingerprint density at radius 3 is 2.59 bits per heavy atom. The van der Waals surface area contributed by atoms with Crippen molar-refractivity contribution in [2.75, 3.05) is 13.7 Å². The van der Waals surface area contributed by atoms with Crippen molar-refractivity contribution in [3.8, 4) is 0 Å². The molecule has 0 radical (unpaired) electrons. The van der Waals surface area contributed by atoms with Gasteiger partial charge in [0.05, 0.1) is 6.42 Å². The van der Waals surface area contributed by atoms with Crippen molar-refractivity contribution in [2.45, 2.75) is 64.5 Å². The number of nitrogens with zero attached hydrogens (tertiary/aromatic N) is 1. The zero-order chi connectivity index (χ0) is 21.2. The van der Waals surface area contributed by atoms with Crippen LogP contribution in [0.3, 0.4) is 0 Å². The quantitative estimate of drug-likeness (QED) is 0.756. The van der Waals surface area contributed by atoms with E-state index >= 15 is 0 Å². The molecule has 160 valence electrons. The van der Waals surface area contributed by atoms with Gasteiger partial charge in [-0.1, -0.05) is 50.6 Å². The molecule has 0 saturated carbocycles.